The monoisotopic (exact) mass is 395 g/mol. The first-order chi connectivity index (χ1) is 13.3. The molecule has 0 aliphatic carbocycles. The van der Waals surface area contributed by atoms with E-state index in [-0.39, 0.29) is 11.1 Å². The maximum Gasteiger partial charge on any atom is 0.252 e. The second-order valence-corrected chi connectivity index (χ2v) is 7.93. The predicted molar refractivity (Wildman–Crippen MR) is 103 cm³/mol. The largest absolute Gasteiger partial charge is 0.324 e. The van der Waals surface area contributed by atoms with Gasteiger partial charge < -0.3 is 4.98 Å². The third-order valence-electron chi connectivity index (χ3n) is 3.89. The number of H-pyrrole nitrogens is 1. The molecular formula is C16H17N11S. The van der Waals surface area contributed by atoms with E-state index in [1.54, 1.807) is 6.92 Å². The molecule has 11 nitrogen and oxygen atoms in total. The van der Waals surface area contributed by atoms with Crippen LogP contribution in [0.4, 0.5) is 17.2 Å². The summed E-state index contributed by atoms with van der Waals surface area (Å²) in [7, 11) is 0. The van der Waals surface area contributed by atoms with Crippen LogP contribution in [-0.4, -0.2) is 38.9 Å². The van der Waals surface area contributed by atoms with Gasteiger partial charge in [0.05, 0.1) is 18.5 Å². The fraction of sp³-hybridized carbons (Fsp3) is 0.375. The molecule has 0 aliphatic heterocycles. The van der Waals surface area contributed by atoms with Gasteiger partial charge in [-0.2, -0.15) is 19.3 Å². The smallest absolute Gasteiger partial charge is 0.252 e. The Kier molecular flexibility index (Phi) is 4.04. The van der Waals surface area contributed by atoms with Gasteiger partial charge in [0.1, 0.15) is 11.6 Å². The van der Waals surface area contributed by atoms with Gasteiger partial charge in [0, 0.05) is 16.9 Å². The zero-order valence-electron chi connectivity index (χ0n) is 16.0. The number of aryl methyl sites for hydroxylation is 2. The summed E-state index contributed by atoms with van der Waals surface area (Å²) in [6.07, 6.45) is 1.44. The maximum absolute atomic E-state index is 7.40. The van der Waals surface area contributed by atoms with E-state index in [0.717, 1.165) is 11.5 Å². The molecule has 0 amide bonds. The average Bonchev–Trinajstić information content (AvgIpc) is 3.35. The summed E-state index contributed by atoms with van der Waals surface area (Å²) in [5.74, 6) is 1.64. The minimum atomic E-state index is -0.268. The van der Waals surface area contributed by atoms with Crippen molar-refractivity contribution in [3.63, 3.8) is 0 Å². The van der Waals surface area contributed by atoms with Gasteiger partial charge in [-0.05, 0) is 13.8 Å². The third kappa shape index (κ3) is 2.95. The number of azo groups is 1. The average molecular weight is 395 g/mol. The van der Waals surface area contributed by atoms with Gasteiger partial charge in [0.25, 0.3) is 5.69 Å². The molecular weight excluding hydrogens is 378 g/mol. The van der Waals surface area contributed by atoms with Crippen LogP contribution in [0.15, 0.2) is 16.4 Å². The molecule has 0 saturated heterocycles. The summed E-state index contributed by atoms with van der Waals surface area (Å²) in [4.78, 5) is 11.0. The summed E-state index contributed by atoms with van der Waals surface area (Å²) in [5.41, 5.74) is 1.98. The zero-order chi connectivity index (χ0) is 20.1. The van der Waals surface area contributed by atoms with Crippen molar-refractivity contribution >= 4 is 34.4 Å². The molecule has 142 valence electrons. The number of nitrogens with zero attached hydrogens (tertiary/aromatic N) is 10. The van der Waals surface area contributed by atoms with Crippen LogP contribution < -0.4 is 0 Å². The van der Waals surface area contributed by atoms with Crippen molar-refractivity contribution in [3.8, 4) is 5.13 Å². The van der Waals surface area contributed by atoms with Crippen LogP contribution in [0.5, 0.6) is 0 Å². The second-order valence-electron chi connectivity index (χ2n) is 7.20. The number of aromatic amines is 1. The molecule has 4 aromatic rings. The molecule has 0 bridgehead atoms. The molecule has 0 unspecified atom stereocenters. The predicted octanol–water partition coefficient (Wildman–Crippen LogP) is 3.98. The molecule has 4 heterocycles. The lowest BCUT2D eigenvalue weighted by atomic mass is 9.91. The normalized spacial score (nSPS) is 12.3. The molecule has 0 spiro atoms. The lowest BCUT2D eigenvalue weighted by Crippen LogP contribution is -2.12. The van der Waals surface area contributed by atoms with Crippen LogP contribution in [0.3, 0.4) is 0 Å². The van der Waals surface area contributed by atoms with Crippen LogP contribution in [-0.2, 0) is 5.41 Å². The highest BCUT2D eigenvalue weighted by Crippen LogP contribution is 2.37. The SMILES string of the molecule is [C-]#[N+]c1cnn(-c2nc(C)ns2)c1/N=N/c1c(C(C)(C)C)nn2nc(C)[nH]c12. The topological polar surface area (TPSA) is 119 Å². The number of rotatable bonds is 3. The number of aromatic nitrogens is 8. The van der Waals surface area contributed by atoms with Gasteiger partial charge in [-0.15, -0.1) is 20.0 Å². The highest BCUT2D eigenvalue weighted by atomic mass is 32.1. The Morgan fingerprint density at radius 2 is 2.00 bits per heavy atom. The van der Waals surface area contributed by atoms with E-state index in [4.69, 9.17) is 6.57 Å². The van der Waals surface area contributed by atoms with Crippen molar-refractivity contribution in [2.24, 2.45) is 10.2 Å². The van der Waals surface area contributed by atoms with E-state index in [2.05, 4.69) is 44.7 Å². The van der Waals surface area contributed by atoms with Crippen molar-refractivity contribution in [2.75, 3.05) is 0 Å². The van der Waals surface area contributed by atoms with E-state index in [0.29, 0.717) is 28.1 Å². The van der Waals surface area contributed by atoms with Gasteiger partial charge in [0.2, 0.25) is 5.13 Å². The van der Waals surface area contributed by atoms with Gasteiger partial charge in [-0.3, -0.25) is 0 Å². The van der Waals surface area contributed by atoms with E-state index in [1.807, 2.05) is 27.7 Å². The summed E-state index contributed by atoms with van der Waals surface area (Å²) >= 11 is 1.18. The molecule has 0 atom stereocenters. The first kappa shape index (κ1) is 17.9. The van der Waals surface area contributed by atoms with Crippen LogP contribution in [0.1, 0.15) is 38.1 Å². The van der Waals surface area contributed by atoms with Crippen LogP contribution in [0.2, 0.25) is 0 Å². The number of hydrogen-bond donors (Lipinski definition) is 1. The van der Waals surface area contributed by atoms with Gasteiger partial charge in [0.15, 0.2) is 17.2 Å². The Labute approximate surface area is 164 Å². The lowest BCUT2D eigenvalue weighted by molar-refractivity contribution is 0.557. The Morgan fingerprint density at radius 3 is 2.64 bits per heavy atom. The minimum absolute atomic E-state index is 0.268. The fourth-order valence-electron chi connectivity index (χ4n) is 2.63. The van der Waals surface area contributed by atoms with Gasteiger partial charge in [-0.25, -0.2) is 9.83 Å². The van der Waals surface area contributed by atoms with Gasteiger partial charge >= 0.3 is 0 Å². The lowest BCUT2D eigenvalue weighted by Gasteiger charge is -2.15. The number of hydrogen-bond acceptors (Lipinski definition) is 8. The van der Waals surface area contributed by atoms with E-state index < -0.39 is 0 Å². The molecule has 0 aromatic carbocycles. The first-order valence-corrected chi connectivity index (χ1v) is 9.19. The van der Waals surface area contributed by atoms with Crippen molar-refractivity contribution in [2.45, 2.75) is 40.0 Å². The fourth-order valence-corrected chi connectivity index (χ4v) is 3.27. The highest BCUT2D eigenvalue weighted by Gasteiger charge is 2.26. The summed E-state index contributed by atoms with van der Waals surface area (Å²) in [6.45, 7) is 17.2. The Hall–Kier alpha value is -3.46. The number of fused-ring (bicyclic) bond motifs is 1. The van der Waals surface area contributed by atoms with Crippen molar-refractivity contribution in [1.29, 1.82) is 0 Å². The van der Waals surface area contributed by atoms with Gasteiger partial charge in [-0.1, -0.05) is 20.8 Å². The Morgan fingerprint density at radius 1 is 1.21 bits per heavy atom. The van der Waals surface area contributed by atoms with Crippen molar-refractivity contribution in [3.05, 3.63) is 35.0 Å². The molecule has 12 heteroatoms. The summed E-state index contributed by atoms with van der Waals surface area (Å²) in [6, 6.07) is 0. The van der Waals surface area contributed by atoms with E-state index >= 15 is 0 Å². The molecule has 1 N–H and O–H groups in total. The Balaban J connectivity index is 1.87. The summed E-state index contributed by atoms with van der Waals surface area (Å²) in [5, 5.41) is 22.4. The Bertz CT molecular complexity index is 1240. The second kappa shape index (κ2) is 6.31. The van der Waals surface area contributed by atoms with Crippen molar-refractivity contribution < 1.29 is 0 Å². The standard InChI is InChI=1S/C16H17N11S/c1-8-19-14-11(12(16(3,4)5)24-27(14)23-8)21-22-13-10(17-6)7-18-26(13)15-20-9(2)25-28-15/h7H,1-5H3,(H,19,23)/b22-21+. The minimum Gasteiger partial charge on any atom is -0.324 e. The molecule has 4 aromatic heterocycles. The molecule has 0 saturated carbocycles. The molecule has 0 radical (unpaired) electrons. The first-order valence-electron chi connectivity index (χ1n) is 8.42. The zero-order valence-corrected chi connectivity index (χ0v) is 16.8. The molecule has 4 rings (SSSR count). The molecule has 0 fully saturated rings. The summed E-state index contributed by atoms with van der Waals surface area (Å²) < 4.78 is 7.15. The van der Waals surface area contributed by atoms with E-state index in [1.165, 1.54) is 27.0 Å². The van der Waals surface area contributed by atoms with Crippen LogP contribution in [0, 0.1) is 20.4 Å². The van der Waals surface area contributed by atoms with Crippen LogP contribution in [0.25, 0.3) is 15.6 Å². The number of nitrogens with one attached hydrogen (secondary N) is 1. The third-order valence-corrected chi connectivity index (χ3v) is 4.67. The highest BCUT2D eigenvalue weighted by molar-refractivity contribution is 7.08. The maximum atomic E-state index is 7.40. The van der Waals surface area contributed by atoms with Crippen molar-refractivity contribution in [1.82, 2.24) is 38.9 Å². The van der Waals surface area contributed by atoms with Crippen LogP contribution >= 0.6 is 11.5 Å². The quantitative estimate of drug-likeness (QED) is 0.416. The molecule has 28 heavy (non-hydrogen) atoms. The van der Waals surface area contributed by atoms with E-state index in [9.17, 15) is 0 Å². The molecule has 0 aliphatic rings.